The van der Waals surface area contributed by atoms with Gasteiger partial charge in [0.1, 0.15) is 5.52 Å². The first-order valence-corrected chi connectivity index (χ1v) is 8.59. The normalized spacial score (nSPS) is 19.3. The molecular formula is C15H18BrN5O2. The summed E-state index contributed by atoms with van der Waals surface area (Å²) in [4.78, 5) is 18.6. The van der Waals surface area contributed by atoms with E-state index in [4.69, 9.17) is 19.4 Å². The van der Waals surface area contributed by atoms with Gasteiger partial charge in [0.2, 0.25) is 0 Å². The highest BCUT2D eigenvalue weighted by Crippen LogP contribution is 2.29. The minimum Gasteiger partial charge on any atom is -0.378 e. The van der Waals surface area contributed by atoms with E-state index >= 15 is 0 Å². The maximum Gasteiger partial charge on any atom is 0.180 e. The van der Waals surface area contributed by atoms with Crippen molar-refractivity contribution < 1.29 is 9.47 Å². The first-order valence-electron chi connectivity index (χ1n) is 7.80. The van der Waals surface area contributed by atoms with E-state index in [0.717, 1.165) is 74.2 Å². The number of anilines is 2. The summed E-state index contributed by atoms with van der Waals surface area (Å²) in [5, 5.41) is 0. The minimum absolute atomic E-state index is 0.673. The fourth-order valence-corrected chi connectivity index (χ4v) is 3.20. The van der Waals surface area contributed by atoms with Crippen LogP contribution >= 0.6 is 15.9 Å². The number of fused-ring (bicyclic) bond motifs is 1. The van der Waals surface area contributed by atoms with Crippen molar-refractivity contribution >= 4 is 38.7 Å². The van der Waals surface area contributed by atoms with Crippen LogP contribution in [0.1, 0.15) is 0 Å². The molecule has 0 unspecified atom stereocenters. The monoisotopic (exact) mass is 379 g/mol. The van der Waals surface area contributed by atoms with Gasteiger partial charge in [-0.25, -0.2) is 15.0 Å². The molecule has 7 nitrogen and oxygen atoms in total. The zero-order valence-corrected chi connectivity index (χ0v) is 14.3. The van der Waals surface area contributed by atoms with Crippen LogP contribution in [0.15, 0.2) is 16.7 Å². The summed E-state index contributed by atoms with van der Waals surface area (Å²) >= 11 is 3.46. The van der Waals surface area contributed by atoms with Crippen LogP contribution in [-0.2, 0) is 9.47 Å². The van der Waals surface area contributed by atoms with Crippen molar-refractivity contribution in [2.75, 3.05) is 62.4 Å². The molecule has 122 valence electrons. The van der Waals surface area contributed by atoms with Gasteiger partial charge >= 0.3 is 0 Å². The fraction of sp³-hybridized carbons (Fsp3) is 0.533. The average Bonchev–Trinajstić information content (AvgIpc) is 2.62. The zero-order valence-electron chi connectivity index (χ0n) is 12.7. The minimum atomic E-state index is 0.673. The van der Waals surface area contributed by atoms with Crippen LogP contribution in [0.4, 0.5) is 11.6 Å². The molecule has 4 heterocycles. The van der Waals surface area contributed by atoms with Crippen molar-refractivity contribution in [2.45, 2.75) is 0 Å². The van der Waals surface area contributed by atoms with Crippen LogP contribution in [0.25, 0.3) is 11.2 Å². The van der Waals surface area contributed by atoms with Crippen molar-refractivity contribution in [3.8, 4) is 0 Å². The molecule has 2 aromatic rings. The van der Waals surface area contributed by atoms with Gasteiger partial charge in [0.25, 0.3) is 0 Å². The third-order valence-corrected chi connectivity index (χ3v) is 4.51. The lowest BCUT2D eigenvalue weighted by Gasteiger charge is -2.34. The molecule has 2 saturated heterocycles. The molecule has 0 spiro atoms. The smallest absolute Gasteiger partial charge is 0.180 e. The lowest BCUT2D eigenvalue weighted by molar-refractivity contribution is 0.120. The number of halogens is 1. The number of hydrogen-bond donors (Lipinski definition) is 0. The summed E-state index contributed by atoms with van der Waals surface area (Å²) in [6.07, 6.45) is 1.76. The highest BCUT2D eigenvalue weighted by Gasteiger charge is 2.24. The first kappa shape index (κ1) is 15.0. The lowest BCUT2D eigenvalue weighted by atomic mass is 10.3. The summed E-state index contributed by atoms with van der Waals surface area (Å²) < 4.78 is 11.8. The molecule has 0 aliphatic carbocycles. The Kier molecular flexibility index (Phi) is 4.28. The molecule has 2 aliphatic rings. The highest BCUT2D eigenvalue weighted by molar-refractivity contribution is 9.10. The molecule has 0 bridgehead atoms. The van der Waals surface area contributed by atoms with Crippen LogP contribution in [-0.4, -0.2) is 67.6 Å². The van der Waals surface area contributed by atoms with Crippen molar-refractivity contribution in [2.24, 2.45) is 0 Å². The number of aromatic nitrogens is 3. The van der Waals surface area contributed by atoms with Gasteiger partial charge in [-0.1, -0.05) is 0 Å². The van der Waals surface area contributed by atoms with Crippen molar-refractivity contribution in [1.29, 1.82) is 0 Å². The Balaban J connectivity index is 1.81. The third-order valence-electron chi connectivity index (χ3n) is 4.07. The second-order valence-corrected chi connectivity index (χ2v) is 6.48. The van der Waals surface area contributed by atoms with E-state index in [2.05, 4.69) is 30.7 Å². The molecule has 8 heteroatoms. The summed E-state index contributed by atoms with van der Waals surface area (Å²) in [7, 11) is 0. The number of hydrogen-bond acceptors (Lipinski definition) is 7. The van der Waals surface area contributed by atoms with Gasteiger partial charge in [0.15, 0.2) is 17.3 Å². The molecule has 0 N–H and O–H groups in total. The number of nitrogens with zero attached hydrogens (tertiary/aromatic N) is 5. The predicted octanol–water partition coefficient (Wildman–Crippen LogP) is 1.46. The summed E-state index contributed by atoms with van der Waals surface area (Å²) in [6.45, 7) is 6.20. The number of ether oxygens (including phenoxy) is 2. The van der Waals surface area contributed by atoms with Gasteiger partial charge in [-0.2, -0.15) is 0 Å². The summed E-state index contributed by atoms with van der Waals surface area (Å²) in [6, 6.07) is 1.96. The molecule has 0 atom stereocenters. The van der Waals surface area contributed by atoms with Gasteiger partial charge < -0.3 is 19.3 Å². The van der Waals surface area contributed by atoms with Gasteiger partial charge in [-0.05, 0) is 22.0 Å². The van der Waals surface area contributed by atoms with Crippen LogP contribution < -0.4 is 9.80 Å². The van der Waals surface area contributed by atoms with E-state index in [1.54, 1.807) is 6.20 Å². The zero-order chi connectivity index (χ0) is 15.6. The van der Waals surface area contributed by atoms with E-state index in [9.17, 15) is 0 Å². The van der Waals surface area contributed by atoms with E-state index in [-0.39, 0.29) is 0 Å². The third kappa shape index (κ3) is 3.11. The predicted molar refractivity (Wildman–Crippen MR) is 91.1 cm³/mol. The molecule has 23 heavy (non-hydrogen) atoms. The van der Waals surface area contributed by atoms with Gasteiger partial charge in [0.05, 0.1) is 26.4 Å². The van der Waals surface area contributed by atoms with E-state index in [0.29, 0.717) is 5.65 Å². The van der Waals surface area contributed by atoms with Gasteiger partial charge in [-0.3, -0.25) is 0 Å². The Labute approximate surface area is 142 Å². The van der Waals surface area contributed by atoms with Crippen molar-refractivity contribution in [3.63, 3.8) is 0 Å². The van der Waals surface area contributed by atoms with Crippen molar-refractivity contribution in [3.05, 3.63) is 16.7 Å². The summed E-state index contributed by atoms with van der Waals surface area (Å²) in [5.41, 5.74) is 1.48. The first-order chi connectivity index (χ1) is 11.3. The van der Waals surface area contributed by atoms with Crippen LogP contribution in [0.3, 0.4) is 0 Å². The second kappa shape index (κ2) is 6.54. The Hall–Kier alpha value is -1.51. The van der Waals surface area contributed by atoms with Gasteiger partial charge in [0, 0.05) is 36.8 Å². The fourth-order valence-electron chi connectivity index (χ4n) is 2.88. The Morgan fingerprint density at radius 1 is 0.870 bits per heavy atom. The molecule has 2 aromatic heterocycles. The molecule has 0 amide bonds. The second-order valence-electron chi connectivity index (χ2n) is 5.57. The Morgan fingerprint density at radius 3 is 2.04 bits per heavy atom. The molecule has 2 aliphatic heterocycles. The number of rotatable bonds is 2. The van der Waals surface area contributed by atoms with E-state index in [1.165, 1.54) is 0 Å². The number of morpholine rings is 2. The lowest BCUT2D eigenvalue weighted by Crippen LogP contribution is -2.41. The molecular weight excluding hydrogens is 362 g/mol. The Bertz CT molecular complexity index is 702. The molecule has 0 radical (unpaired) electrons. The molecule has 0 aromatic carbocycles. The maximum absolute atomic E-state index is 5.47. The summed E-state index contributed by atoms with van der Waals surface area (Å²) in [5.74, 6) is 1.82. The maximum atomic E-state index is 5.47. The van der Waals surface area contributed by atoms with Crippen LogP contribution in [0.5, 0.6) is 0 Å². The van der Waals surface area contributed by atoms with E-state index in [1.807, 2.05) is 6.07 Å². The Morgan fingerprint density at radius 2 is 1.43 bits per heavy atom. The van der Waals surface area contributed by atoms with Gasteiger partial charge in [-0.15, -0.1) is 0 Å². The van der Waals surface area contributed by atoms with Crippen molar-refractivity contribution in [1.82, 2.24) is 15.0 Å². The average molecular weight is 380 g/mol. The molecule has 2 fully saturated rings. The topological polar surface area (TPSA) is 63.6 Å². The number of pyridine rings is 1. The quantitative estimate of drug-likeness (QED) is 0.782. The van der Waals surface area contributed by atoms with Crippen LogP contribution in [0, 0.1) is 0 Å². The standard InChI is InChI=1S/C15H18BrN5O2/c16-11-9-12-13(17-10-11)19-15(21-3-7-23-8-4-21)14(18-12)20-1-5-22-6-2-20/h9-10H,1-8H2. The van der Waals surface area contributed by atoms with E-state index < -0.39 is 0 Å². The van der Waals surface area contributed by atoms with Crippen LogP contribution in [0.2, 0.25) is 0 Å². The highest BCUT2D eigenvalue weighted by atomic mass is 79.9. The molecule has 0 saturated carbocycles. The SMILES string of the molecule is Brc1cnc2nc(N3CCOCC3)c(N3CCOCC3)nc2c1. The largest absolute Gasteiger partial charge is 0.378 e. The molecule has 4 rings (SSSR count).